The molecule has 0 aliphatic rings. The Morgan fingerprint density at radius 2 is 1.02 bits per heavy atom. The first-order valence-corrected chi connectivity index (χ1v) is 23.5. The Hall–Kier alpha value is -3.22. The van der Waals surface area contributed by atoms with Gasteiger partial charge in [-0.2, -0.15) is 0 Å². The van der Waals surface area contributed by atoms with Crippen LogP contribution in [0.1, 0.15) is 194 Å². The Labute approximate surface area is 356 Å². The van der Waals surface area contributed by atoms with E-state index in [0.29, 0.717) is 19.3 Å². The Bertz CT molecular complexity index is 1180. The van der Waals surface area contributed by atoms with Crippen molar-refractivity contribution in [2.24, 2.45) is 0 Å². The summed E-state index contributed by atoms with van der Waals surface area (Å²) in [7, 11) is 0. The molecule has 330 valence electrons. The van der Waals surface area contributed by atoms with Crippen LogP contribution in [0.3, 0.4) is 0 Å². The van der Waals surface area contributed by atoms with Gasteiger partial charge in [0.25, 0.3) is 0 Å². The zero-order valence-corrected chi connectivity index (χ0v) is 37.4. The van der Waals surface area contributed by atoms with Crippen LogP contribution in [0.5, 0.6) is 0 Å². The van der Waals surface area contributed by atoms with E-state index < -0.39 is 18.2 Å². The Morgan fingerprint density at radius 3 is 1.60 bits per heavy atom. The van der Waals surface area contributed by atoms with Gasteiger partial charge in [-0.15, -0.1) is 0 Å². The lowest BCUT2D eigenvalue weighted by Gasteiger charge is -2.24. The molecule has 0 aromatic carbocycles. The van der Waals surface area contributed by atoms with Crippen LogP contribution in [0.2, 0.25) is 0 Å². The summed E-state index contributed by atoms with van der Waals surface area (Å²) in [5.41, 5.74) is 0. The van der Waals surface area contributed by atoms with Crippen molar-refractivity contribution in [3.63, 3.8) is 0 Å². The number of allylic oxidation sites excluding steroid dienone is 16. The molecule has 0 rings (SSSR count). The molecule has 6 nitrogen and oxygen atoms in total. The topological polar surface area (TPSA) is 95.9 Å². The van der Waals surface area contributed by atoms with Crippen molar-refractivity contribution in [2.75, 3.05) is 6.61 Å². The highest BCUT2D eigenvalue weighted by Crippen LogP contribution is 2.16. The number of carbonyl (C=O) groups is 2. The highest BCUT2D eigenvalue weighted by Gasteiger charge is 2.24. The molecule has 0 fully saturated rings. The molecule has 1 amide bonds. The maximum Gasteiger partial charge on any atom is 0.306 e. The van der Waals surface area contributed by atoms with Crippen LogP contribution < -0.4 is 5.32 Å². The van der Waals surface area contributed by atoms with E-state index in [2.05, 4.69) is 111 Å². The van der Waals surface area contributed by atoms with Gasteiger partial charge in [0.2, 0.25) is 5.91 Å². The number of unbranched alkanes of at least 4 members (excludes halogenated alkanes) is 14. The van der Waals surface area contributed by atoms with Gasteiger partial charge in [0.15, 0.2) is 0 Å². The van der Waals surface area contributed by atoms with Gasteiger partial charge in [-0.25, -0.2) is 0 Å². The lowest BCUT2D eigenvalue weighted by Crippen LogP contribution is -2.46. The SMILES string of the molecule is CC/C=C\C/C=C\C/C=C\C/C=C\C/C=C\CCCCCC(=O)OC(CCCCC\C=C/C=C/C=C/CC)CC(=O)NC(CO)C(O)CCCCCCCCCCC. The minimum atomic E-state index is -0.806. The number of aliphatic hydroxyl groups is 2. The molecule has 3 unspecified atom stereocenters. The van der Waals surface area contributed by atoms with Gasteiger partial charge < -0.3 is 20.3 Å². The van der Waals surface area contributed by atoms with E-state index in [0.717, 1.165) is 109 Å². The maximum atomic E-state index is 13.1. The standard InChI is InChI=1S/C52H87NO5/c1-4-7-10-13-16-19-21-22-23-24-25-26-27-28-30-33-36-39-42-45-52(57)58-48(43-40-37-34-32-29-20-17-14-11-8-5-2)46-51(56)53-49(47-54)50(55)44-41-38-35-31-18-15-12-9-6-3/h7-8,10-11,14,16-17,19-20,22-23,25-26,28-30,48-50,54-55H,4-6,9,12-13,15,18,21,24,27,31-47H2,1-3H3,(H,53,56)/b10-7-,11-8+,17-14+,19-16-,23-22-,26-25-,29-20-,30-28-. The zero-order chi connectivity index (χ0) is 42.4. The minimum Gasteiger partial charge on any atom is -0.462 e. The molecule has 0 aromatic rings. The van der Waals surface area contributed by atoms with Gasteiger partial charge in [0.05, 0.1) is 25.2 Å². The van der Waals surface area contributed by atoms with Crippen molar-refractivity contribution in [1.82, 2.24) is 5.32 Å². The van der Waals surface area contributed by atoms with E-state index in [1.165, 1.54) is 38.5 Å². The lowest BCUT2D eigenvalue weighted by molar-refractivity contribution is -0.151. The van der Waals surface area contributed by atoms with Crippen LogP contribution in [0.25, 0.3) is 0 Å². The van der Waals surface area contributed by atoms with Gasteiger partial charge >= 0.3 is 5.97 Å². The summed E-state index contributed by atoms with van der Waals surface area (Å²) < 4.78 is 5.87. The number of amides is 1. The molecular formula is C52H87NO5. The molecule has 58 heavy (non-hydrogen) atoms. The molecular weight excluding hydrogens is 719 g/mol. The number of hydrogen-bond acceptors (Lipinski definition) is 5. The van der Waals surface area contributed by atoms with Crippen LogP contribution in [-0.4, -0.2) is 46.9 Å². The molecule has 0 saturated heterocycles. The van der Waals surface area contributed by atoms with Gasteiger partial charge in [-0.05, 0) is 89.9 Å². The number of aliphatic hydroxyl groups excluding tert-OH is 2. The van der Waals surface area contributed by atoms with Crippen molar-refractivity contribution in [3.05, 3.63) is 97.2 Å². The fraction of sp³-hybridized carbons (Fsp3) is 0.654. The first-order valence-electron chi connectivity index (χ1n) is 23.5. The van der Waals surface area contributed by atoms with Crippen LogP contribution in [0.15, 0.2) is 97.2 Å². The zero-order valence-electron chi connectivity index (χ0n) is 37.4. The number of hydrogen-bond donors (Lipinski definition) is 3. The van der Waals surface area contributed by atoms with E-state index in [1.54, 1.807) is 0 Å². The summed E-state index contributed by atoms with van der Waals surface area (Å²) >= 11 is 0. The predicted molar refractivity (Wildman–Crippen MR) is 250 cm³/mol. The molecule has 0 saturated carbocycles. The van der Waals surface area contributed by atoms with Crippen molar-refractivity contribution >= 4 is 11.9 Å². The Balaban J connectivity index is 4.66. The molecule has 3 atom stereocenters. The largest absolute Gasteiger partial charge is 0.462 e. The lowest BCUT2D eigenvalue weighted by atomic mass is 10.0. The van der Waals surface area contributed by atoms with E-state index in [9.17, 15) is 19.8 Å². The highest BCUT2D eigenvalue weighted by atomic mass is 16.5. The van der Waals surface area contributed by atoms with E-state index in [4.69, 9.17) is 4.74 Å². The van der Waals surface area contributed by atoms with Crippen molar-refractivity contribution in [2.45, 2.75) is 212 Å². The average Bonchev–Trinajstić information content (AvgIpc) is 3.22. The fourth-order valence-electron chi connectivity index (χ4n) is 6.45. The third kappa shape index (κ3) is 39.6. The monoisotopic (exact) mass is 806 g/mol. The highest BCUT2D eigenvalue weighted by molar-refractivity contribution is 5.77. The summed E-state index contributed by atoms with van der Waals surface area (Å²) in [6.45, 7) is 6.17. The first-order chi connectivity index (χ1) is 28.5. The predicted octanol–water partition coefficient (Wildman–Crippen LogP) is 13.8. The smallest absolute Gasteiger partial charge is 0.306 e. The summed E-state index contributed by atoms with van der Waals surface area (Å²) in [6, 6.07) is -0.723. The second kappa shape index (κ2) is 44.9. The second-order valence-electron chi connectivity index (χ2n) is 15.5. The summed E-state index contributed by atoms with van der Waals surface area (Å²) in [4.78, 5) is 26.0. The van der Waals surface area contributed by atoms with Gasteiger partial charge in [-0.1, -0.05) is 189 Å². The van der Waals surface area contributed by atoms with Crippen molar-refractivity contribution in [3.8, 4) is 0 Å². The van der Waals surface area contributed by atoms with E-state index in [1.807, 2.05) is 12.2 Å². The summed E-state index contributed by atoms with van der Waals surface area (Å²) in [5.74, 6) is -0.560. The van der Waals surface area contributed by atoms with Crippen molar-refractivity contribution < 1.29 is 24.5 Å². The third-order valence-electron chi connectivity index (χ3n) is 9.97. The fourth-order valence-corrected chi connectivity index (χ4v) is 6.45. The summed E-state index contributed by atoms with van der Waals surface area (Å²) in [6.07, 6.45) is 59.0. The minimum absolute atomic E-state index is 0.0348. The van der Waals surface area contributed by atoms with Crippen LogP contribution in [0, 0.1) is 0 Å². The van der Waals surface area contributed by atoms with E-state index >= 15 is 0 Å². The molecule has 0 bridgehead atoms. The van der Waals surface area contributed by atoms with Crippen molar-refractivity contribution in [1.29, 1.82) is 0 Å². The second-order valence-corrected chi connectivity index (χ2v) is 15.5. The molecule has 0 aliphatic carbocycles. The Morgan fingerprint density at radius 1 is 0.534 bits per heavy atom. The van der Waals surface area contributed by atoms with Gasteiger partial charge in [-0.3, -0.25) is 9.59 Å². The molecule has 3 N–H and O–H groups in total. The number of ether oxygens (including phenoxy) is 1. The molecule has 0 heterocycles. The Kier molecular flexibility index (Phi) is 42.4. The normalized spacial score (nSPS) is 14.2. The molecule has 0 aliphatic heterocycles. The molecule has 6 heteroatoms. The molecule has 0 radical (unpaired) electrons. The van der Waals surface area contributed by atoms with Crippen LogP contribution in [-0.2, 0) is 14.3 Å². The van der Waals surface area contributed by atoms with Crippen LogP contribution in [0.4, 0.5) is 0 Å². The van der Waals surface area contributed by atoms with E-state index in [-0.39, 0.29) is 24.9 Å². The number of carbonyl (C=O) groups excluding carboxylic acids is 2. The first kappa shape index (κ1) is 54.8. The average molecular weight is 806 g/mol. The quantitative estimate of drug-likeness (QED) is 0.0248. The third-order valence-corrected chi connectivity index (χ3v) is 9.97. The molecule has 0 aromatic heterocycles. The number of rotatable bonds is 40. The summed E-state index contributed by atoms with van der Waals surface area (Å²) in [5, 5.41) is 23.6. The van der Waals surface area contributed by atoms with Crippen LogP contribution >= 0.6 is 0 Å². The molecule has 0 spiro atoms. The number of esters is 1. The van der Waals surface area contributed by atoms with Gasteiger partial charge in [0, 0.05) is 6.42 Å². The maximum absolute atomic E-state index is 13.1. The number of nitrogens with one attached hydrogen (secondary N) is 1. The van der Waals surface area contributed by atoms with Gasteiger partial charge in [0.1, 0.15) is 6.10 Å².